The molecule has 1 aromatic heterocycles. The summed E-state index contributed by atoms with van der Waals surface area (Å²) in [4.78, 5) is 77.5. The molecule has 17 nitrogen and oxygen atoms in total. The molecule has 0 aliphatic carbocycles. The van der Waals surface area contributed by atoms with E-state index in [0.717, 1.165) is 45.7 Å². The first-order chi connectivity index (χ1) is 49.2. The zero-order valence-corrected chi connectivity index (χ0v) is 68.1. The van der Waals surface area contributed by atoms with Crippen LogP contribution in [0, 0.1) is 12.3 Å². The van der Waals surface area contributed by atoms with Gasteiger partial charge in [0, 0.05) is 95.8 Å². The van der Waals surface area contributed by atoms with Crippen molar-refractivity contribution in [1.29, 1.82) is 0 Å². The molecule has 0 spiro atoms. The number of amides is 1. The van der Waals surface area contributed by atoms with E-state index in [2.05, 4.69) is 161 Å². The van der Waals surface area contributed by atoms with Gasteiger partial charge in [-0.05, 0) is 110 Å². The Bertz CT molecular complexity index is 3130. The predicted molar refractivity (Wildman–Crippen MR) is 452 cm³/mol. The van der Waals surface area contributed by atoms with Gasteiger partial charge in [-0.25, -0.2) is 16.7 Å². The summed E-state index contributed by atoms with van der Waals surface area (Å²) in [6.45, 7) is 22.6. The number of nitrogens with zero attached hydrogens (tertiary/aromatic N) is 4. The fourth-order valence-electron chi connectivity index (χ4n) is 6.41. The van der Waals surface area contributed by atoms with Crippen LogP contribution in [-0.4, -0.2) is 86.0 Å². The average molecular weight is 1550 g/mol. The molecule has 558 valence electrons. The summed E-state index contributed by atoms with van der Waals surface area (Å²) >= 11 is 15.8. The van der Waals surface area contributed by atoms with Crippen molar-refractivity contribution in [3.63, 3.8) is 0 Å². The van der Waals surface area contributed by atoms with Gasteiger partial charge in [0.15, 0.2) is 15.3 Å². The molecule has 0 aliphatic heterocycles. The van der Waals surface area contributed by atoms with Crippen LogP contribution in [0.15, 0.2) is 215 Å². The molecule has 0 bridgehead atoms. The van der Waals surface area contributed by atoms with Gasteiger partial charge in [0.05, 0.1) is 12.6 Å². The highest BCUT2D eigenvalue weighted by atomic mass is 32.2. The third-order valence-corrected chi connectivity index (χ3v) is 21.2. The topological polar surface area (TPSA) is 299 Å². The number of benzene rings is 6. The average Bonchev–Trinajstić information content (AvgIpc) is 0.800. The highest BCUT2D eigenvalue weighted by Crippen LogP contribution is 2.38. The Balaban J connectivity index is -0.000000553. The van der Waals surface area contributed by atoms with Crippen LogP contribution in [0.4, 0.5) is 0 Å². The first kappa shape index (κ1) is 102. The first-order valence-corrected chi connectivity index (χ1v) is 40.8. The number of carbonyl (C=O) groups excluding carboxylic acids is 6. The van der Waals surface area contributed by atoms with Crippen molar-refractivity contribution < 1.29 is 38.3 Å². The summed E-state index contributed by atoms with van der Waals surface area (Å²) in [5.41, 5.74) is 21.0. The lowest BCUT2D eigenvalue weighted by Gasteiger charge is -2.21. The summed E-state index contributed by atoms with van der Waals surface area (Å²) in [5, 5.41) is 11.2. The minimum Gasteiger partial charge on any atom is -0.426 e. The number of carbonyl (C=O) groups is 6. The fourth-order valence-corrected chi connectivity index (χ4v) is 14.2. The third-order valence-electron chi connectivity index (χ3n) is 11.7. The molecule has 2 atom stereocenters. The van der Waals surface area contributed by atoms with E-state index in [0.29, 0.717) is 75.0 Å². The Morgan fingerprint density at radius 1 is 0.637 bits per heavy atom. The Morgan fingerprint density at radius 3 is 1.39 bits per heavy atom. The molecular weight excluding hydrogens is 1430 g/mol. The zero-order valence-electron chi connectivity index (χ0n) is 61.2. The van der Waals surface area contributed by atoms with E-state index in [9.17, 15) is 28.8 Å². The number of esters is 1. The van der Waals surface area contributed by atoms with Crippen molar-refractivity contribution in [1.82, 2.24) is 10.4 Å². The Labute approximate surface area is 641 Å². The van der Waals surface area contributed by atoms with E-state index < -0.39 is 15.8 Å². The molecule has 1 amide bonds. The second kappa shape index (κ2) is 74.4. The smallest absolute Gasteiger partial charge is 0.310 e. The standard InChI is InChI=1S/C21H19O2P.C16H17OPS.C9H10OS.C8H9NOS.C6H13NOS.C4H11NS.C4H6.C3H8N2O.C2H5N3.C2H7NO.C2H6S/c1-2-21(22)23-19-15-9-10-16-20(19)24(17-11-5-3-6-12-17)18-13-7-4-8-14-18;1-2-16(17)19-13-18(14-9-5-3-6-10-14)15-11-7-4-8-12-15;1-2-9(10)11-8-6-4-3-5-7-8;1-2-8(10)11-7-5-3-4-6-9-7;1-2-3-6(8)5(7)4-9;1-2-4(6)3-5;1-3-4-2;1-2-3(6)5-4;1-2-4-5-3;1-2-4-3;1-2-3/h3-16H,2H2,1H3;3-12H,2,13H2,1H3;3-7H,2H2,1H3;3-6H,2H2,1H3;5,9H,2-4,7H2,1H3;4,6H,2-3,5H2,1H3;1H,4H2,2H3;2,4H2,1H3,(H,5,6);2H2,1H3;2-3H2,1H3;3H,2H2,1H3. The molecule has 1 heterocycles. The van der Waals surface area contributed by atoms with E-state index >= 15 is 0 Å². The number of ether oxygens (including phenoxy) is 1. The minimum absolute atomic E-state index is 0.118. The molecule has 0 aliphatic rings. The number of Topliss-reactive ketones (excluding diaryl/α,β-unsaturated/α-hetero) is 1. The Kier molecular flexibility index (Phi) is 74.5. The molecule has 25 heteroatoms. The maximum Gasteiger partial charge on any atom is 0.310 e. The molecule has 7 rings (SSSR count). The first-order valence-electron chi connectivity index (χ1n) is 33.5. The lowest BCUT2D eigenvalue weighted by atomic mass is 10.1. The third kappa shape index (κ3) is 57.2. The van der Waals surface area contributed by atoms with Gasteiger partial charge in [0.2, 0.25) is 5.91 Å². The number of azide groups is 1. The van der Waals surface area contributed by atoms with Crippen LogP contribution in [0.25, 0.3) is 10.4 Å². The number of hydrogen-bond donors (Lipinski definition) is 8. The summed E-state index contributed by atoms with van der Waals surface area (Å²) in [5.74, 6) is 13.5. The normalized spacial score (nSPS) is 9.95. The number of thioether (sulfide) groups is 3. The van der Waals surface area contributed by atoms with Crippen molar-refractivity contribution >= 4 is 149 Å². The van der Waals surface area contributed by atoms with Crippen LogP contribution in [-0.2, 0) is 33.6 Å². The van der Waals surface area contributed by atoms with Crippen molar-refractivity contribution in [2.24, 2.45) is 28.3 Å². The van der Waals surface area contributed by atoms with Crippen molar-refractivity contribution in [3.8, 4) is 18.1 Å². The van der Waals surface area contributed by atoms with Crippen molar-refractivity contribution in [3.05, 3.63) is 211 Å². The fraction of sp³-hybridized carbons (Fsp3) is 0.364. The summed E-state index contributed by atoms with van der Waals surface area (Å²) < 4.78 is 5.60. The van der Waals surface area contributed by atoms with Crippen LogP contribution in [0.2, 0.25) is 0 Å². The predicted octanol–water partition coefficient (Wildman–Crippen LogP) is 16.2. The van der Waals surface area contributed by atoms with E-state index in [1.165, 1.54) is 56.5 Å². The quantitative estimate of drug-likeness (QED) is 0.00240. The molecule has 0 saturated carbocycles. The van der Waals surface area contributed by atoms with Gasteiger partial charge in [-0.3, -0.25) is 34.2 Å². The second-order valence-corrected chi connectivity index (χ2v) is 29.4. The van der Waals surface area contributed by atoms with E-state index in [4.69, 9.17) is 28.2 Å². The molecule has 102 heavy (non-hydrogen) atoms. The Hall–Kier alpha value is -6.28. The molecule has 0 fully saturated rings. The summed E-state index contributed by atoms with van der Waals surface area (Å²) in [6.07, 6.45) is 12.4. The van der Waals surface area contributed by atoms with E-state index in [1.807, 2.05) is 176 Å². The van der Waals surface area contributed by atoms with Gasteiger partial charge < -0.3 is 21.0 Å². The highest BCUT2D eigenvalue weighted by Gasteiger charge is 2.21. The summed E-state index contributed by atoms with van der Waals surface area (Å²) in [7, 11) is -1.23. The van der Waals surface area contributed by atoms with E-state index in [-0.39, 0.29) is 39.0 Å². The molecule has 0 radical (unpaired) electrons. The maximum absolute atomic E-state index is 11.8. The molecule has 0 saturated heterocycles. The van der Waals surface area contributed by atoms with Gasteiger partial charge in [-0.1, -0.05) is 262 Å². The van der Waals surface area contributed by atoms with Crippen LogP contribution >= 0.6 is 89.0 Å². The number of terminal acetylenes is 1. The number of hydrazine groups is 1. The number of rotatable bonds is 23. The molecule has 2 unspecified atom stereocenters. The number of para-hydroxylation sites is 1. The van der Waals surface area contributed by atoms with Gasteiger partial charge in [-0.2, -0.15) is 37.9 Å². The lowest BCUT2D eigenvalue weighted by Crippen LogP contribution is -2.31. The number of pyridine rings is 1. The zero-order chi connectivity index (χ0) is 77.4. The van der Waals surface area contributed by atoms with E-state index in [1.54, 1.807) is 20.0 Å². The second-order valence-electron chi connectivity index (χ2n) is 19.6. The number of nitrogens with two attached hydrogens (primary N) is 4. The monoisotopic (exact) mass is 1540 g/mol. The number of aromatic nitrogens is 1. The van der Waals surface area contributed by atoms with Crippen LogP contribution in [0.5, 0.6) is 5.75 Å². The van der Waals surface area contributed by atoms with Crippen LogP contribution in [0.3, 0.4) is 0 Å². The summed E-state index contributed by atoms with van der Waals surface area (Å²) in [6, 6.07) is 64.5. The van der Waals surface area contributed by atoms with Gasteiger partial charge in [0.25, 0.3) is 0 Å². The number of hydrogen-bond acceptors (Lipinski definition) is 20. The molecular formula is C77H111N9O8P2S6. The Morgan fingerprint density at radius 2 is 1.07 bits per heavy atom. The van der Waals surface area contributed by atoms with Gasteiger partial charge in [-0.15, -0.1) is 12.3 Å². The number of ketones is 1. The SMILES string of the molecule is C#CCC.CCC(=O)NN.CCC(=O)Oc1ccccc1P(c1ccccc1)c1ccccc1.CCC(=O)SCP(c1ccccc1)c1ccccc1.CCC(=O)Sc1ccccc1.CCC(=O)Sc1ccccn1.CCC(S)CN.CCCC(=O)C(N)CS.CCN=[N+]=[N-].CCON.CCS. The maximum atomic E-state index is 11.8. The van der Waals surface area contributed by atoms with Gasteiger partial charge >= 0.3 is 5.97 Å². The molecule has 9 N–H and O–H groups in total. The van der Waals surface area contributed by atoms with Crippen LogP contribution in [0.1, 0.15) is 134 Å². The largest absolute Gasteiger partial charge is 0.426 e. The van der Waals surface area contributed by atoms with Crippen molar-refractivity contribution in [2.45, 2.75) is 155 Å². The number of nitrogens with one attached hydrogen (secondary N) is 1. The van der Waals surface area contributed by atoms with Gasteiger partial charge in [0.1, 0.15) is 16.6 Å². The lowest BCUT2D eigenvalue weighted by molar-refractivity contribution is -0.134. The van der Waals surface area contributed by atoms with Crippen molar-refractivity contribution in [2.75, 3.05) is 36.7 Å². The number of thiol groups is 3. The minimum atomic E-state index is -0.780. The molecule has 6 aromatic carbocycles. The van der Waals surface area contributed by atoms with Crippen LogP contribution < -0.4 is 59.9 Å². The molecule has 7 aromatic rings. The highest BCUT2D eigenvalue weighted by molar-refractivity contribution is 8.18.